The van der Waals surface area contributed by atoms with Crippen LogP contribution in [0.25, 0.3) is 0 Å². The van der Waals surface area contributed by atoms with E-state index in [1.807, 2.05) is 6.92 Å². The van der Waals surface area contributed by atoms with E-state index in [0.29, 0.717) is 19.1 Å². The molecule has 80 valence electrons. The molecule has 7 heteroatoms. The van der Waals surface area contributed by atoms with Crippen LogP contribution in [0.4, 0.5) is 0 Å². The summed E-state index contributed by atoms with van der Waals surface area (Å²) in [6, 6.07) is 0. The minimum atomic E-state index is -0.730. The van der Waals surface area contributed by atoms with Crippen LogP contribution >= 0.6 is 0 Å². The molecule has 0 aliphatic carbocycles. The van der Waals surface area contributed by atoms with Crippen LogP contribution in [0.5, 0.6) is 0 Å². The average molecular weight is 202 g/mol. The second-order valence-corrected chi connectivity index (χ2v) is 3.34. The number of nitrogens with one attached hydrogen (secondary N) is 1. The topological polar surface area (TPSA) is 103 Å². The van der Waals surface area contributed by atoms with Gasteiger partial charge >= 0.3 is 0 Å². The molecular formula is C7H14N4O3. The van der Waals surface area contributed by atoms with E-state index in [9.17, 15) is 10.1 Å². The van der Waals surface area contributed by atoms with Gasteiger partial charge in [0.1, 0.15) is 0 Å². The number of hydrogen-bond acceptors (Lipinski definition) is 4. The lowest BCUT2D eigenvalue weighted by Crippen LogP contribution is -2.36. The van der Waals surface area contributed by atoms with Crippen molar-refractivity contribution in [1.29, 1.82) is 0 Å². The van der Waals surface area contributed by atoms with Crippen molar-refractivity contribution in [3.63, 3.8) is 0 Å². The van der Waals surface area contributed by atoms with Crippen molar-refractivity contribution >= 4 is 5.96 Å². The van der Waals surface area contributed by atoms with Gasteiger partial charge in [0, 0.05) is 12.5 Å². The third-order valence-corrected chi connectivity index (χ3v) is 2.01. The summed E-state index contributed by atoms with van der Waals surface area (Å²) in [6.07, 6.45) is 1.18. The molecule has 0 spiro atoms. The Hall–Kier alpha value is -1.37. The number of guanidine groups is 1. The Balaban J connectivity index is 2.27. The molecule has 1 aliphatic rings. The van der Waals surface area contributed by atoms with Crippen molar-refractivity contribution in [2.75, 3.05) is 13.2 Å². The predicted octanol–water partition coefficient (Wildman–Crippen LogP) is -0.493. The predicted molar refractivity (Wildman–Crippen MR) is 50.1 cm³/mol. The van der Waals surface area contributed by atoms with E-state index >= 15 is 0 Å². The lowest BCUT2D eigenvalue weighted by atomic mass is 10.1. The molecule has 0 saturated carbocycles. The van der Waals surface area contributed by atoms with Gasteiger partial charge in [0.25, 0.3) is 5.96 Å². The number of aliphatic imine (C=N–C) groups is 1. The molecule has 0 bridgehead atoms. The van der Waals surface area contributed by atoms with E-state index in [0.717, 1.165) is 6.42 Å². The summed E-state index contributed by atoms with van der Waals surface area (Å²) >= 11 is 0. The summed E-state index contributed by atoms with van der Waals surface area (Å²) < 4.78 is 5.31. The highest BCUT2D eigenvalue weighted by atomic mass is 16.7. The van der Waals surface area contributed by atoms with Gasteiger partial charge in [-0.3, -0.25) is 0 Å². The quantitative estimate of drug-likeness (QED) is 0.278. The number of nitro groups is 1. The fraction of sp³-hybridized carbons (Fsp3) is 0.857. The van der Waals surface area contributed by atoms with Crippen LogP contribution in [0.2, 0.25) is 0 Å². The third kappa shape index (κ3) is 3.56. The molecule has 0 aromatic heterocycles. The third-order valence-electron chi connectivity index (χ3n) is 2.01. The summed E-state index contributed by atoms with van der Waals surface area (Å²) in [5.74, 6) is 0.159. The van der Waals surface area contributed by atoms with E-state index in [2.05, 4.69) is 4.99 Å². The number of hydrogen-bond donors (Lipinski definition) is 2. The highest BCUT2D eigenvalue weighted by molar-refractivity contribution is 5.76. The van der Waals surface area contributed by atoms with Gasteiger partial charge in [0.2, 0.25) is 0 Å². The van der Waals surface area contributed by atoms with E-state index in [1.165, 1.54) is 0 Å². The average Bonchev–Trinajstić information content (AvgIpc) is 2.47. The molecule has 2 unspecified atom stereocenters. The molecule has 1 heterocycles. The second kappa shape index (κ2) is 4.75. The monoisotopic (exact) mass is 202 g/mol. The van der Waals surface area contributed by atoms with Gasteiger partial charge in [0.05, 0.1) is 12.7 Å². The summed E-state index contributed by atoms with van der Waals surface area (Å²) in [6.45, 7) is 3.11. The molecule has 1 fully saturated rings. The van der Waals surface area contributed by atoms with Crippen molar-refractivity contribution in [2.45, 2.75) is 19.4 Å². The Morgan fingerprint density at radius 3 is 3.07 bits per heavy atom. The maximum absolute atomic E-state index is 9.97. The van der Waals surface area contributed by atoms with Gasteiger partial charge < -0.3 is 10.5 Å². The van der Waals surface area contributed by atoms with Crippen LogP contribution in [0.1, 0.15) is 13.3 Å². The maximum atomic E-state index is 9.97. The zero-order chi connectivity index (χ0) is 10.6. The fourth-order valence-corrected chi connectivity index (χ4v) is 1.39. The van der Waals surface area contributed by atoms with E-state index < -0.39 is 5.03 Å². The van der Waals surface area contributed by atoms with Crippen molar-refractivity contribution in [3.8, 4) is 0 Å². The van der Waals surface area contributed by atoms with Gasteiger partial charge in [-0.25, -0.2) is 15.1 Å². The van der Waals surface area contributed by atoms with Crippen LogP contribution in [0.3, 0.4) is 0 Å². The van der Waals surface area contributed by atoms with Crippen LogP contribution in [0.15, 0.2) is 4.99 Å². The van der Waals surface area contributed by atoms with Crippen molar-refractivity contribution < 1.29 is 9.77 Å². The number of hydrazine groups is 1. The highest BCUT2D eigenvalue weighted by Gasteiger charge is 2.21. The first kappa shape index (κ1) is 10.7. The first-order valence-electron chi connectivity index (χ1n) is 4.40. The smallest absolute Gasteiger partial charge is 0.251 e. The van der Waals surface area contributed by atoms with Gasteiger partial charge in [-0.15, -0.1) is 0 Å². The molecule has 0 aromatic rings. The van der Waals surface area contributed by atoms with Crippen LogP contribution in [0, 0.1) is 16.0 Å². The molecule has 1 saturated heterocycles. The molecule has 2 atom stereocenters. The molecule has 0 radical (unpaired) electrons. The van der Waals surface area contributed by atoms with Gasteiger partial charge in [-0.2, -0.15) is 0 Å². The van der Waals surface area contributed by atoms with Crippen LogP contribution < -0.4 is 11.2 Å². The Kier molecular flexibility index (Phi) is 3.63. The van der Waals surface area contributed by atoms with Crippen LogP contribution in [-0.4, -0.2) is 30.2 Å². The number of rotatable bonds is 3. The summed E-state index contributed by atoms with van der Waals surface area (Å²) in [5, 5.41) is 9.24. The van der Waals surface area contributed by atoms with Crippen molar-refractivity contribution in [1.82, 2.24) is 5.43 Å². The first-order chi connectivity index (χ1) is 6.58. The van der Waals surface area contributed by atoms with E-state index in [4.69, 9.17) is 10.5 Å². The SMILES string of the molecule is CC1CC(CN=C(N)N[N+](=O)[O-])CO1. The molecule has 0 aromatic carbocycles. The Labute approximate surface area is 81.4 Å². The standard InChI is InChI=1S/C7H14N4O3/c1-5-2-6(4-14-5)3-9-7(8)10-11(12)13/h5-6H,2-4H2,1H3,(H3,8,9,10). The highest BCUT2D eigenvalue weighted by Crippen LogP contribution is 2.18. The molecule has 7 nitrogen and oxygen atoms in total. The number of nitrogens with zero attached hydrogens (tertiary/aromatic N) is 2. The zero-order valence-electron chi connectivity index (χ0n) is 7.97. The normalized spacial score (nSPS) is 27.6. The summed E-state index contributed by atoms with van der Waals surface area (Å²) in [7, 11) is 0. The van der Waals surface area contributed by atoms with Gasteiger partial charge in [0.15, 0.2) is 5.03 Å². The zero-order valence-corrected chi connectivity index (χ0v) is 7.97. The largest absolute Gasteiger partial charge is 0.378 e. The molecule has 3 N–H and O–H groups in total. The number of ether oxygens (including phenoxy) is 1. The molecule has 14 heavy (non-hydrogen) atoms. The molecule has 0 amide bonds. The Morgan fingerprint density at radius 2 is 2.57 bits per heavy atom. The lowest BCUT2D eigenvalue weighted by Gasteiger charge is -2.02. The molecular weight excluding hydrogens is 188 g/mol. The molecule has 1 aliphatic heterocycles. The van der Waals surface area contributed by atoms with Gasteiger partial charge in [-0.05, 0) is 13.3 Å². The Morgan fingerprint density at radius 1 is 1.86 bits per heavy atom. The minimum Gasteiger partial charge on any atom is -0.378 e. The summed E-state index contributed by atoms with van der Waals surface area (Å²) in [4.78, 5) is 13.8. The summed E-state index contributed by atoms with van der Waals surface area (Å²) in [5.41, 5.74) is 7.03. The second-order valence-electron chi connectivity index (χ2n) is 3.34. The minimum absolute atomic E-state index is 0.158. The lowest BCUT2D eigenvalue weighted by molar-refractivity contribution is -0.525. The van der Waals surface area contributed by atoms with E-state index in [1.54, 1.807) is 5.43 Å². The van der Waals surface area contributed by atoms with E-state index in [-0.39, 0.29) is 12.1 Å². The number of nitrogens with two attached hydrogens (primary N) is 1. The van der Waals surface area contributed by atoms with Crippen LogP contribution in [-0.2, 0) is 4.74 Å². The van der Waals surface area contributed by atoms with Gasteiger partial charge in [-0.1, -0.05) is 5.43 Å². The first-order valence-corrected chi connectivity index (χ1v) is 4.40. The Bertz CT molecular complexity index is 243. The van der Waals surface area contributed by atoms with Crippen molar-refractivity contribution in [3.05, 3.63) is 10.1 Å². The van der Waals surface area contributed by atoms with Crippen molar-refractivity contribution in [2.24, 2.45) is 16.6 Å². The maximum Gasteiger partial charge on any atom is 0.251 e. The fourth-order valence-electron chi connectivity index (χ4n) is 1.39. The molecule has 1 rings (SSSR count).